The van der Waals surface area contributed by atoms with Gasteiger partial charge in [0.05, 0.1) is 32.4 Å². The van der Waals surface area contributed by atoms with Crippen molar-refractivity contribution in [3.8, 4) is 5.75 Å². The third kappa shape index (κ3) is 5.52. The van der Waals surface area contributed by atoms with Gasteiger partial charge in [-0.2, -0.15) is 0 Å². The minimum absolute atomic E-state index is 0.0637. The van der Waals surface area contributed by atoms with E-state index in [1.165, 1.54) is 29.2 Å². The third-order valence-electron chi connectivity index (χ3n) is 5.92. The van der Waals surface area contributed by atoms with Crippen molar-refractivity contribution in [3.63, 3.8) is 0 Å². The van der Waals surface area contributed by atoms with Crippen molar-refractivity contribution in [1.29, 1.82) is 0 Å². The molecule has 2 aromatic rings. The van der Waals surface area contributed by atoms with Crippen LogP contribution in [0.15, 0.2) is 48.5 Å². The predicted molar refractivity (Wildman–Crippen MR) is 130 cm³/mol. The van der Waals surface area contributed by atoms with Gasteiger partial charge in [0.1, 0.15) is 17.6 Å². The van der Waals surface area contributed by atoms with Gasteiger partial charge in [-0.25, -0.2) is 4.39 Å². The number of nitrogens with zero attached hydrogens (tertiary/aromatic N) is 3. The van der Waals surface area contributed by atoms with Crippen molar-refractivity contribution in [3.05, 3.63) is 54.3 Å². The van der Waals surface area contributed by atoms with Crippen LogP contribution in [0.4, 0.5) is 15.8 Å². The lowest BCUT2D eigenvalue weighted by molar-refractivity contribution is -0.124. The molecule has 2 aliphatic rings. The number of methoxy groups -OCH3 is 1. The Kier molecular flexibility index (Phi) is 7.71. The molecule has 0 radical (unpaired) electrons. The summed E-state index contributed by atoms with van der Waals surface area (Å²) in [5.41, 5.74) is 1.08. The Morgan fingerprint density at radius 1 is 1.12 bits per heavy atom. The maximum atomic E-state index is 13.5. The molecule has 1 N–H and O–H groups in total. The molecule has 8 nitrogen and oxygen atoms in total. The van der Waals surface area contributed by atoms with E-state index >= 15 is 0 Å². The molecule has 2 heterocycles. The highest BCUT2D eigenvalue weighted by Gasteiger charge is 2.44. The van der Waals surface area contributed by atoms with Gasteiger partial charge in [-0.05, 0) is 60.7 Å². The fourth-order valence-corrected chi connectivity index (χ4v) is 4.47. The van der Waals surface area contributed by atoms with Crippen LogP contribution in [0, 0.1) is 5.82 Å². The minimum atomic E-state index is -0.753. The highest BCUT2D eigenvalue weighted by atomic mass is 32.1. The summed E-state index contributed by atoms with van der Waals surface area (Å²) in [6, 6.07) is 11.8. The lowest BCUT2D eigenvalue weighted by atomic mass is 10.1. The molecule has 0 spiro atoms. The van der Waals surface area contributed by atoms with Crippen LogP contribution in [-0.4, -0.2) is 79.3 Å². The number of anilines is 2. The number of nitrogens with one attached hydrogen (secondary N) is 1. The number of rotatable bonds is 8. The van der Waals surface area contributed by atoms with Crippen LogP contribution in [0.1, 0.15) is 6.42 Å². The van der Waals surface area contributed by atoms with E-state index in [1.54, 1.807) is 36.3 Å². The Morgan fingerprint density at radius 2 is 1.79 bits per heavy atom. The maximum Gasteiger partial charge on any atom is 0.256 e. The summed E-state index contributed by atoms with van der Waals surface area (Å²) in [5.74, 6) is -0.327. The SMILES string of the molecule is COc1ccc(NC(=O)C[C@H]2C(=O)N(c3ccc(F)cc3)C(=S)N2CCN2CCOCC2)cc1. The number of carbonyl (C=O) groups is 2. The van der Waals surface area contributed by atoms with Crippen molar-refractivity contribution >= 4 is 40.5 Å². The van der Waals surface area contributed by atoms with Gasteiger partial charge >= 0.3 is 0 Å². The number of halogens is 1. The van der Waals surface area contributed by atoms with E-state index < -0.39 is 11.9 Å². The Labute approximate surface area is 203 Å². The zero-order chi connectivity index (χ0) is 24.1. The van der Waals surface area contributed by atoms with Gasteiger partial charge < -0.3 is 19.7 Å². The number of hydrogen-bond donors (Lipinski definition) is 1. The van der Waals surface area contributed by atoms with E-state index in [0.717, 1.165) is 13.1 Å². The standard InChI is InChI=1S/C24H27FN4O4S/c1-32-20-8-4-18(5-9-20)26-22(30)16-21-23(31)29(19-6-2-17(25)3-7-19)24(34)28(21)11-10-27-12-14-33-15-13-27/h2-9,21H,10-16H2,1H3,(H,26,30)/t21-/m0/s1. The Hall–Kier alpha value is -3.08. The lowest BCUT2D eigenvalue weighted by Crippen LogP contribution is -2.45. The predicted octanol–water partition coefficient (Wildman–Crippen LogP) is 2.50. The molecule has 0 saturated carbocycles. The average molecular weight is 487 g/mol. The summed E-state index contributed by atoms with van der Waals surface area (Å²) < 4.78 is 24.0. The number of morpholine rings is 1. The molecule has 2 fully saturated rings. The highest BCUT2D eigenvalue weighted by Crippen LogP contribution is 2.28. The molecule has 4 rings (SSSR count). The second kappa shape index (κ2) is 10.9. The topological polar surface area (TPSA) is 74.4 Å². The first-order chi connectivity index (χ1) is 16.5. The first kappa shape index (κ1) is 24.1. The van der Waals surface area contributed by atoms with Crippen LogP contribution in [0.25, 0.3) is 0 Å². The molecule has 0 aromatic heterocycles. The summed E-state index contributed by atoms with van der Waals surface area (Å²) in [4.78, 5) is 31.7. The maximum absolute atomic E-state index is 13.5. The van der Waals surface area contributed by atoms with Crippen LogP contribution in [0.5, 0.6) is 5.75 Å². The second-order valence-electron chi connectivity index (χ2n) is 8.08. The fraction of sp³-hybridized carbons (Fsp3) is 0.375. The molecular weight excluding hydrogens is 459 g/mol. The van der Waals surface area contributed by atoms with Crippen molar-refractivity contribution in [2.45, 2.75) is 12.5 Å². The zero-order valence-electron chi connectivity index (χ0n) is 18.9. The molecule has 10 heteroatoms. The van der Waals surface area contributed by atoms with E-state index in [4.69, 9.17) is 21.7 Å². The van der Waals surface area contributed by atoms with Gasteiger partial charge in [0.25, 0.3) is 5.91 Å². The van der Waals surface area contributed by atoms with Gasteiger partial charge in [0, 0.05) is 31.9 Å². The smallest absolute Gasteiger partial charge is 0.256 e. The molecule has 2 amide bonds. The van der Waals surface area contributed by atoms with Gasteiger partial charge in [-0.1, -0.05) is 0 Å². The number of carbonyl (C=O) groups excluding carboxylic acids is 2. The molecule has 1 atom stereocenters. The Morgan fingerprint density at radius 3 is 2.44 bits per heavy atom. The lowest BCUT2D eigenvalue weighted by Gasteiger charge is -2.30. The number of hydrogen-bond acceptors (Lipinski definition) is 6. The van der Waals surface area contributed by atoms with Crippen LogP contribution in [0.2, 0.25) is 0 Å². The van der Waals surface area contributed by atoms with E-state index in [-0.39, 0.29) is 18.2 Å². The quantitative estimate of drug-likeness (QED) is 0.575. The van der Waals surface area contributed by atoms with Crippen molar-refractivity contribution in [1.82, 2.24) is 9.80 Å². The van der Waals surface area contributed by atoms with Crippen LogP contribution in [-0.2, 0) is 14.3 Å². The molecule has 0 aliphatic carbocycles. The second-order valence-corrected chi connectivity index (χ2v) is 8.44. The molecule has 180 valence electrons. The first-order valence-electron chi connectivity index (χ1n) is 11.1. The van der Waals surface area contributed by atoms with E-state index in [2.05, 4.69) is 10.2 Å². The van der Waals surface area contributed by atoms with E-state index in [0.29, 0.717) is 48.5 Å². The molecule has 2 aromatic carbocycles. The largest absolute Gasteiger partial charge is 0.497 e. The molecule has 2 saturated heterocycles. The molecule has 34 heavy (non-hydrogen) atoms. The van der Waals surface area contributed by atoms with E-state index in [9.17, 15) is 14.0 Å². The van der Waals surface area contributed by atoms with Crippen LogP contribution in [0.3, 0.4) is 0 Å². The fourth-order valence-electron chi connectivity index (χ4n) is 4.05. The van der Waals surface area contributed by atoms with Crippen molar-refractivity contribution < 1.29 is 23.5 Å². The number of amides is 2. The molecule has 0 bridgehead atoms. The number of thiocarbonyl (C=S) groups is 1. The minimum Gasteiger partial charge on any atom is -0.497 e. The average Bonchev–Trinajstić information content (AvgIpc) is 3.08. The van der Waals surface area contributed by atoms with Crippen molar-refractivity contribution in [2.75, 3.05) is 56.7 Å². The summed E-state index contributed by atoms with van der Waals surface area (Å²) in [6.07, 6.45) is -0.0637. The van der Waals surface area contributed by atoms with Crippen LogP contribution >= 0.6 is 12.2 Å². The Balaban J connectivity index is 1.50. The summed E-state index contributed by atoms with van der Waals surface area (Å²) in [6.45, 7) is 4.11. The van der Waals surface area contributed by atoms with E-state index in [1.807, 2.05) is 0 Å². The molecule has 0 unspecified atom stereocenters. The summed E-state index contributed by atoms with van der Waals surface area (Å²) in [5, 5.41) is 3.14. The van der Waals surface area contributed by atoms with Gasteiger partial charge in [-0.3, -0.25) is 19.4 Å². The summed E-state index contributed by atoms with van der Waals surface area (Å²) in [7, 11) is 1.57. The van der Waals surface area contributed by atoms with Gasteiger partial charge in [0.2, 0.25) is 5.91 Å². The normalized spacial score (nSPS) is 18.9. The molecule has 2 aliphatic heterocycles. The molecular formula is C24H27FN4O4S. The van der Waals surface area contributed by atoms with Gasteiger partial charge in [-0.15, -0.1) is 0 Å². The zero-order valence-corrected chi connectivity index (χ0v) is 19.7. The first-order valence-corrected chi connectivity index (χ1v) is 11.5. The number of benzene rings is 2. The van der Waals surface area contributed by atoms with Crippen LogP contribution < -0.4 is 15.0 Å². The monoisotopic (exact) mass is 486 g/mol. The number of ether oxygens (including phenoxy) is 2. The Bertz CT molecular complexity index is 1030. The third-order valence-corrected chi connectivity index (χ3v) is 6.33. The highest BCUT2D eigenvalue weighted by molar-refractivity contribution is 7.80. The van der Waals surface area contributed by atoms with Gasteiger partial charge in [0.15, 0.2) is 5.11 Å². The summed E-state index contributed by atoms with van der Waals surface area (Å²) >= 11 is 5.66. The van der Waals surface area contributed by atoms with Crippen molar-refractivity contribution in [2.24, 2.45) is 0 Å².